The van der Waals surface area contributed by atoms with Crippen molar-refractivity contribution in [3.63, 3.8) is 0 Å². The van der Waals surface area contributed by atoms with Crippen LogP contribution in [0.25, 0.3) is 22.6 Å². The number of nitrogens with zero attached hydrogens (tertiary/aromatic N) is 7. The van der Waals surface area contributed by atoms with Crippen LogP contribution in [0.3, 0.4) is 0 Å². The van der Waals surface area contributed by atoms with Crippen LogP contribution in [-0.2, 0) is 16.0 Å². The number of aromatic nitrogens is 6. The number of rotatable bonds is 4. The molecule has 2 aliphatic heterocycles. The molecule has 0 bridgehead atoms. The highest BCUT2D eigenvalue weighted by molar-refractivity contribution is 5.86. The second kappa shape index (κ2) is 7.53. The van der Waals surface area contributed by atoms with Crippen molar-refractivity contribution >= 4 is 22.9 Å². The molecule has 1 unspecified atom stereocenters. The summed E-state index contributed by atoms with van der Waals surface area (Å²) in [6, 6.07) is 0. The fraction of sp³-hybridized carbons (Fsp3) is 0.526. The number of nitrogens with two attached hydrogens (primary N) is 1. The van der Waals surface area contributed by atoms with Gasteiger partial charge in [-0.15, -0.1) is 0 Å². The molecule has 3 aromatic heterocycles. The van der Waals surface area contributed by atoms with Crippen LogP contribution in [0.1, 0.15) is 12.2 Å². The smallest absolute Gasteiger partial charge is 0.219 e. The molecule has 29 heavy (non-hydrogen) atoms. The topological polar surface area (TPSA) is 117 Å². The molecule has 0 aliphatic carbocycles. The van der Waals surface area contributed by atoms with Gasteiger partial charge in [0.25, 0.3) is 0 Å². The van der Waals surface area contributed by atoms with Gasteiger partial charge in [0.15, 0.2) is 22.8 Å². The van der Waals surface area contributed by atoms with Gasteiger partial charge in [0, 0.05) is 44.6 Å². The number of hydrogen-bond acceptors (Lipinski definition) is 9. The van der Waals surface area contributed by atoms with E-state index in [9.17, 15) is 0 Å². The Morgan fingerprint density at radius 2 is 1.86 bits per heavy atom. The van der Waals surface area contributed by atoms with Crippen molar-refractivity contribution in [2.24, 2.45) is 5.92 Å². The second-order valence-electron chi connectivity index (χ2n) is 7.47. The quantitative estimate of drug-likeness (QED) is 0.690. The summed E-state index contributed by atoms with van der Waals surface area (Å²) in [6.07, 6.45) is 4.37. The van der Waals surface area contributed by atoms with E-state index >= 15 is 0 Å². The fourth-order valence-electron chi connectivity index (χ4n) is 3.88. The summed E-state index contributed by atoms with van der Waals surface area (Å²) in [4.78, 5) is 25.0. The summed E-state index contributed by atoms with van der Waals surface area (Å²) in [5.41, 5.74) is 8.03. The Bertz CT molecular complexity index is 1010. The van der Waals surface area contributed by atoms with Crippen LogP contribution in [-0.4, -0.2) is 69.0 Å². The van der Waals surface area contributed by atoms with Crippen molar-refractivity contribution in [3.8, 4) is 11.4 Å². The lowest BCUT2D eigenvalue weighted by atomic mass is 10.1. The first-order chi connectivity index (χ1) is 14.2. The summed E-state index contributed by atoms with van der Waals surface area (Å²) in [5.74, 6) is 3.03. The molecule has 10 heteroatoms. The molecule has 10 nitrogen and oxygen atoms in total. The third-order valence-corrected chi connectivity index (χ3v) is 5.47. The summed E-state index contributed by atoms with van der Waals surface area (Å²) < 4.78 is 13.3. The van der Waals surface area contributed by atoms with E-state index in [0.717, 1.165) is 67.6 Å². The molecule has 0 amide bonds. The molecule has 2 N–H and O–H groups in total. The van der Waals surface area contributed by atoms with Crippen LogP contribution in [0.4, 0.5) is 11.8 Å². The number of morpholine rings is 1. The SMILES string of the molecule is Cc1nc2c(N3CCOCC3)nc(-c3cnc(N)nc3)nc2n1CC1CCOC1. The van der Waals surface area contributed by atoms with Crippen LogP contribution < -0.4 is 10.6 Å². The Hall–Kier alpha value is -2.85. The Morgan fingerprint density at radius 1 is 1.07 bits per heavy atom. The van der Waals surface area contributed by atoms with Gasteiger partial charge >= 0.3 is 0 Å². The van der Waals surface area contributed by atoms with Crippen molar-refractivity contribution in [3.05, 3.63) is 18.2 Å². The predicted octanol–water partition coefficient (Wildman–Crippen LogP) is 1.05. The van der Waals surface area contributed by atoms with E-state index in [1.165, 1.54) is 0 Å². The first-order valence-electron chi connectivity index (χ1n) is 9.92. The molecule has 152 valence electrons. The fourth-order valence-corrected chi connectivity index (χ4v) is 3.88. The molecule has 5 rings (SSSR count). The molecule has 2 fully saturated rings. The maximum Gasteiger partial charge on any atom is 0.219 e. The maximum absolute atomic E-state index is 5.65. The van der Waals surface area contributed by atoms with Gasteiger partial charge in [-0.1, -0.05) is 0 Å². The van der Waals surface area contributed by atoms with Crippen molar-refractivity contribution in [1.82, 2.24) is 29.5 Å². The number of anilines is 2. The van der Waals surface area contributed by atoms with E-state index in [1.54, 1.807) is 12.4 Å². The molecule has 2 saturated heterocycles. The monoisotopic (exact) mass is 396 g/mol. The van der Waals surface area contributed by atoms with E-state index in [1.807, 2.05) is 6.92 Å². The van der Waals surface area contributed by atoms with Crippen LogP contribution >= 0.6 is 0 Å². The van der Waals surface area contributed by atoms with E-state index in [2.05, 4.69) is 19.4 Å². The minimum Gasteiger partial charge on any atom is -0.381 e. The van der Waals surface area contributed by atoms with Gasteiger partial charge in [0.1, 0.15) is 5.82 Å². The highest BCUT2D eigenvalue weighted by Crippen LogP contribution is 2.29. The summed E-state index contributed by atoms with van der Waals surface area (Å²) >= 11 is 0. The largest absolute Gasteiger partial charge is 0.381 e. The summed E-state index contributed by atoms with van der Waals surface area (Å²) in [7, 11) is 0. The average molecular weight is 396 g/mol. The highest BCUT2D eigenvalue weighted by Gasteiger charge is 2.24. The second-order valence-corrected chi connectivity index (χ2v) is 7.47. The molecule has 0 aromatic carbocycles. The zero-order chi connectivity index (χ0) is 19.8. The normalized spacial score (nSPS) is 19.9. The number of hydrogen-bond donors (Lipinski definition) is 1. The Balaban J connectivity index is 1.65. The molecular weight excluding hydrogens is 372 g/mol. The molecule has 5 heterocycles. The standard InChI is InChI=1S/C19H24N8O2/c1-12-23-15-17(26-3-6-28-7-4-26)24-16(14-8-21-19(20)22-9-14)25-18(15)27(12)10-13-2-5-29-11-13/h8-9,13H,2-7,10-11H2,1H3,(H2,20,21,22). The number of aryl methyl sites for hydroxylation is 1. The molecular formula is C19H24N8O2. The third-order valence-electron chi connectivity index (χ3n) is 5.47. The van der Waals surface area contributed by atoms with Gasteiger partial charge in [0.05, 0.1) is 25.4 Å². The van der Waals surface area contributed by atoms with Crippen LogP contribution in [0, 0.1) is 12.8 Å². The van der Waals surface area contributed by atoms with E-state index in [-0.39, 0.29) is 5.95 Å². The third kappa shape index (κ3) is 3.49. The minimum absolute atomic E-state index is 0.227. The molecule has 0 spiro atoms. The van der Waals surface area contributed by atoms with Crippen LogP contribution in [0.15, 0.2) is 12.4 Å². The Morgan fingerprint density at radius 3 is 2.59 bits per heavy atom. The average Bonchev–Trinajstić information content (AvgIpc) is 3.37. The van der Waals surface area contributed by atoms with Gasteiger partial charge in [-0.25, -0.2) is 24.9 Å². The zero-order valence-electron chi connectivity index (χ0n) is 16.4. The van der Waals surface area contributed by atoms with Crippen molar-refractivity contribution in [2.75, 3.05) is 50.2 Å². The molecule has 0 saturated carbocycles. The lowest BCUT2D eigenvalue weighted by Crippen LogP contribution is -2.37. The minimum atomic E-state index is 0.227. The molecule has 0 radical (unpaired) electrons. The van der Waals surface area contributed by atoms with Crippen molar-refractivity contribution in [1.29, 1.82) is 0 Å². The molecule has 1 atom stereocenters. The van der Waals surface area contributed by atoms with Gasteiger partial charge in [-0.3, -0.25) is 0 Å². The lowest BCUT2D eigenvalue weighted by Gasteiger charge is -2.28. The van der Waals surface area contributed by atoms with Crippen molar-refractivity contribution in [2.45, 2.75) is 19.9 Å². The van der Waals surface area contributed by atoms with E-state index in [0.29, 0.717) is 25.0 Å². The van der Waals surface area contributed by atoms with E-state index < -0.39 is 0 Å². The number of imidazole rings is 1. The number of nitrogen functional groups attached to an aromatic ring is 1. The molecule has 3 aromatic rings. The van der Waals surface area contributed by atoms with Gasteiger partial charge < -0.3 is 24.7 Å². The molecule has 2 aliphatic rings. The van der Waals surface area contributed by atoms with Gasteiger partial charge in [0.2, 0.25) is 5.95 Å². The summed E-state index contributed by atoms with van der Waals surface area (Å²) in [6.45, 7) is 7.33. The number of fused-ring (bicyclic) bond motifs is 1. The first-order valence-corrected chi connectivity index (χ1v) is 9.92. The van der Waals surface area contributed by atoms with E-state index in [4.69, 9.17) is 30.2 Å². The van der Waals surface area contributed by atoms with Gasteiger partial charge in [-0.2, -0.15) is 0 Å². The summed E-state index contributed by atoms with van der Waals surface area (Å²) in [5, 5.41) is 0. The zero-order valence-corrected chi connectivity index (χ0v) is 16.4. The number of ether oxygens (including phenoxy) is 2. The van der Waals surface area contributed by atoms with Crippen LogP contribution in [0.5, 0.6) is 0 Å². The van der Waals surface area contributed by atoms with Gasteiger partial charge in [-0.05, 0) is 13.3 Å². The van der Waals surface area contributed by atoms with Crippen molar-refractivity contribution < 1.29 is 9.47 Å². The Kier molecular flexibility index (Phi) is 4.72. The Labute approximate surface area is 168 Å². The van der Waals surface area contributed by atoms with Crippen LogP contribution in [0.2, 0.25) is 0 Å². The highest BCUT2D eigenvalue weighted by atomic mass is 16.5. The lowest BCUT2D eigenvalue weighted by molar-refractivity contribution is 0.122. The first kappa shape index (κ1) is 18.2. The predicted molar refractivity (Wildman–Crippen MR) is 107 cm³/mol. The maximum atomic E-state index is 5.65.